The standard InChI is InChI=1S/C63H58N2O2/c1-33-18-52(19-34(2)41(33)9)64(53-20-35(3)42(10)36(4)21-53)50-16-14-46-28-56-58(30-48(46)26-50)66-60-32-61-63(45(13)62(56)60)57-29-47-15-17-51(27-49(47)31-59(57)67-61)65(54-22-37(5)43(11)38(6)23-54)55-24-39(7)44(12)40(8)25-55/h14-32H,1-13H3. The second-order valence-electron chi connectivity index (χ2n) is 19.7. The molecule has 0 fully saturated rings. The second-order valence-corrected chi connectivity index (χ2v) is 19.7. The van der Waals surface area contributed by atoms with Crippen molar-refractivity contribution >= 4 is 99.5 Å². The number of anilines is 6. The molecule has 0 N–H and O–H groups in total. The first-order chi connectivity index (χ1) is 32.0. The topological polar surface area (TPSA) is 32.8 Å². The Kier molecular flexibility index (Phi) is 9.72. The molecule has 332 valence electrons. The third kappa shape index (κ3) is 6.79. The Balaban J connectivity index is 1.03. The minimum absolute atomic E-state index is 0.835. The van der Waals surface area contributed by atoms with Crippen molar-refractivity contribution < 1.29 is 8.83 Å². The highest BCUT2D eigenvalue weighted by molar-refractivity contribution is 6.21. The van der Waals surface area contributed by atoms with Crippen LogP contribution in [0.15, 0.2) is 124 Å². The molecular weight excluding hydrogens is 817 g/mol. The van der Waals surface area contributed by atoms with E-state index in [1.54, 1.807) is 0 Å². The third-order valence-electron chi connectivity index (χ3n) is 15.5. The van der Waals surface area contributed by atoms with E-state index < -0.39 is 0 Å². The van der Waals surface area contributed by atoms with Crippen LogP contribution in [-0.4, -0.2) is 0 Å². The van der Waals surface area contributed by atoms with Crippen molar-refractivity contribution in [3.63, 3.8) is 0 Å². The van der Waals surface area contributed by atoms with E-state index in [1.165, 1.54) is 83.1 Å². The van der Waals surface area contributed by atoms with Gasteiger partial charge in [-0.15, -0.1) is 0 Å². The van der Waals surface area contributed by atoms with Crippen molar-refractivity contribution in [2.75, 3.05) is 9.80 Å². The predicted molar refractivity (Wildman–Crippen MR) is 287 cm³/mol. The van der Waals surface area contributed by atoms with Crippen LogP contribution >= 0.6 is 0 Å². The van der Waals surface area contributed by atoms with Gasteiger partial charge in [0.05, 0.1) is 0 Å². The van der Waals surface area contributed by atoms with Crippen LogP contribution in [0.3, 0.4) is 0 Å². The van der Waals surface area contributed by atoms with Crippen molar-refractivity contribution in [1.29, 1.82) is 0 Å². The van der Waals surface area contributed by atoms with Gasteiger partial charge in [0.2, 0.25) is 0 Å². The molecule has 4 nitrogen and oxygen atoms in total. The summed E-state index contributed by atoms with van der Waals surface area (Å²) in [6.07, 6.45) is 0. The van der Waals surface area contributed by atoms with E-state index in [0.29, 0.717) is 0 Å². The molecule has 0 aliphatic carbocycles. The summed E-state index contributed by atoms with van der Waals surface area (Å²) >= 11 is 0. The third-order valence-corrected chi connectivity index (χ3v) is 15.5. The van der Waals surface area contributed by atoms with E-state index >= 15 is 0 Å². The van der Waals surface area contributed by atoms with Gasteiger partial charge in [0, 0.05) is 61.7 Å². The zero-order valence-electron chi connectivity index (χ0n) is 41.2. The number of aryl methyl sites for hydroxylation is 9. The SMILES string of the molecule is Cc1cc(N(c2cc(C)c(C)c(C)c2)c2ccc3cc4c(cc3c2)oc2cc3oc5cc6cc(N(c7cc(C)c(C)c(C)c7)c7cc(C)c(C)c(C)c7)ccc6cc5c3c(C)c24)cc(C)c1C. The summed E-state index contributed by atoms with van der Waals surface area (Å²) in [5, 5.41) is 9.10. The second kappa shape index (κ2) is 15.4. The zero-order valence-corrected chi connectivity index (χ0v) is 41.2. The molecule has 11 aromatic rings. The highest BCUT2D eigenvalue weighted by atomic mass is 16.3. The first-order valence-electron chi connectivity index (χ1n) is 23.6. The highest BCUT2D eigenvalue weighted by Gasteiger charge is 2.22. The van der Waals surface area contributed by atoms with Gasteiger partial charge in [-0.1, -0.05) is 12.1 Å². The summed E-state index contributed by atoms with van der Waals surface area (Å²) in [6, 6.07) is 43.4. The van der Waals surface area contributed by atoms with Crippen LogP contribution in [0.4, 0.5) is 34.1 Å². The molecule has 67 heavy (non-hydrogen) atoms. The Bertz CT molecular complexity index is 3460. The van der Waals surface area contributed by atoms with Gasteiger partial charge < -0.3 is 18.6 Å². The van der Waals surface area contributed by atoms with Gasteiger partial charge in [-0.25, -0.2) is 0 Å². The van der Waals surface area contributed by atoms with E-state index in [2.05, 4.69) is 215 Å². The molecule has 2 heterocycles. The van der Waals surface area contributed by atoms with Crippen molar-refractivity contribution in [3.8, 4) is 0 Å². The number of benzene rings is 9. The molecule has 9 aromatic carbocycles. The molecule has 0 unspecified atom stereocenters. The van der Waals surface area contributed by atoms with Crippen molar-refractivity contribution in [3.05, 3.63) is 188 Å². The fourth-order valence-corrected chi connectivity index (χ4v) is 10.7. The van der Waals surface area contributed by atoms with Crippen molar-refractivity contribution in [2.45, 2.75) is 90.0 Å². The number of furan rings is 2. The molecule has 0 radical (unpaired) electrons. The summed E-state index contributed by atoms with van der Waals surface area (Å²) in [4.78, 5) is 4.81. The summed E-state index contributed by atoms with van der Waals surface area (Å²) in [7, 11) is 0. The molecular formula is C63H58N2O2. The lowest BCUT2D eigenvalue weighted by molar-refractivity contribution is 0.656. The van der Waals surface area contributed by atoms with Crippen molar-refractivity contribution in [1.82, 2.24) is 0 Å². The molecule has 0 bridgehead atoms. The number of nitrogens with zero attached hydrogens (tertiary/aromatic N) is 2. The van der Waals surface area contributed by atoms with E-state index in [-0.39, 0.29) is 0 Å². The van der Waals surface area contributed by atoms with Crippen molar-refractivity contribution in [2.24, 2.45) is 0 Å². The molecule has 0 amide bonds. The average molecular weight is 875 g/mol. The Labute approximate surface area is 394 Å². The first-order valence-corrected chi connectivity index (χ1v) is 23.6. The summed E-state index contributed by atoms with van der Waals surface area (Å²) in [5.41, 5.74) is 27.1. The van der Waals surface area contributed by atoms with Gasteiger partial charge in [-0.05, 0) is 281 Å². The molecule has 0 saturated carbocycles. The molecule has 0 aliphatic heterocycles. The van der Waals surface area contributed by atoms with E-state index in [1.807, 2.05) is 0 Å². The summed E-state index contributed by atoms with van der Waals surface area (Å²) < 4.78 is 13.6. The summed E-state index contributed by atoms with van der Waals surface area (Å²) in [5.74, 6) is 0. The fraction of sp³-hybridized carbons (Fsp3) is 0.206. The van der Waals surface area contributed by atoms with Crippen LogP contribution in [0.2, 0.25) is 0 Å². The maximum absolute atomic E-state index is 6.78. The van der Waals surface area contributed by atoms with Gasteiger partial charge in [0.25, 0.3) is 0 Å². The molecule has 0 atom stereocenters. The Morgan fingerprint density at radius 3 is 0.851 bits per heavy atom. The molecule has 11 rings (SSSR count). The number of hydrogen-bond donors (Lipinski definition) is 0. The van der Waals surface area contributed by atoms with Gasteiger partial charge >= 0.3 is 0 Å². The lowest BCUT2D eigenvalue weighted by Gasteiger charge is -2.28. The maximum atomic E-state index is 6.78. The van der Waals surface area contributed by atoms with Crippen LogP contribution < -0.4 is 9.80 Å². The molecule has 0 spiro atoms. The minimum Gasteiger partial charge on any atom is -0.456 e. The maximum Gasteiger partial charge on any atom is 0.139 e. The largest absolute Gasteiger partial charge is 0.456 e. The number of hydrogen-bond acceptors (Lipinski definition) is 4. The van der Waals surface area contributed by atoms with E-state index in [9.17, 15) is 0 Å². The minimum atomic E-state index is 0.835. The van der Waals surface area contributed by atoms with Crippen LogP contribution in [-0.2, 0) is 0 Å². The van der Waals surface area contributed by atoms with Crippen LogP contribution in [0.5, 0.6) is 0 Å². The van der Waals surface area contributed by atoms with Gasteiger partial charge in [-0.3, -0.25) is 0 Å². The van der Waals surface area contributed by atoms with E-state index in [4.69, 9.17) is 8.83 Å². The highest BCUT2D eigenvalue weighted by Crippen LogP contribution is 2.45. The molecule has 4 heteroatoms. The normalized spacial score (nSPS) is 12.0. The van der Waals surface area contributed by atoms with Gasteiger partial charge in [0.1, 0.15) is 22.3 Å². The van der Waals surface area contributed by atoms with Gasteiger partial charge in [0.15, 0.2) is 0 Å². The van der Waals surface area contributed by atoms with Gasteiger partial charge in [-0.2, -0.15) is 0 Å². The number of rotatable bonds is 6. The Morgan fingerprint density at radius 2 is 0.552 bits per heavy atom. The Hall–Kier alpha value is -7.30. The van der Waals surface area contributed by atoms with Crippen LogP contribution in [0.25, 0.3) is 65.4 Å². The fourth-order valence-electron chi connectivity index (χ4n) is 10.7. The summed E-state index contributed by atoms with van der Waals surface area (Å²) in [6.45, 7) is 28.8. The predicted octanol–water partition coefficient (Wildman–Crippen LogP) is 18.7. The first kappa shape index (κ1) is 42.3. The van der Waals surface area contributed by atoms with Crippen LogP contribution in [0, 0.1) is 90.0 Å². The zero-order chi connectivity index (χ0) is 46.9. The van der Waals surface area contributed by atoms with Crippen LogP contribution in [0.1, 0.15) is 72.3 Å². The monoisotopic (exact) mass is 874 g/mol. The lowest BCUT2D eigenvalue weighted by atomic mass is 9.97. The number of fused-ring (bicyclic) bond motifs is 8. The smallest absolute Gasteiger partial charge is 0.139 e. The molecule has 2 aromatic heterocycles. The Morgan fingerprint density at radius 1 is 0.254 bits per heavy atom. The quantitative estimate of drug-likeness (QED) is 0.167. The van der Waals surface area contributed by atoms with E-state index in [0.717, 1.165) is 88.8 Å². The molecule has 0 aliphatic rings. The molecule has 0 saturated heterocycles. The average Bonchev–Trinajstić information content (AvgIpc) is 3.83. The lowest BCUT2D eigenvalue weighted by Crippen LogP contribution is -2.12.